The van der Waals surface area contributed by atoms with Gasteiger partial charge in [0.05, 0.1) is 25.2 Å². The number of hydrogen-bond donors (Lipinski definition) is 3. The van der Waals surface area contributed by atoms with Gasteiger partial charge < -0.3 is 20.3 Å². The van der Waals surface area contributed by atoms with Crippen LogP contribution in [0.15, 0.2) is 85.1 Å². The third-order valence-corrected chi connectivity index (χ3v) is 10.3. The van der Waals surface area contributed by atoms with E-state index in [1.165, 1.54) is 89.9 Å². The van der Waals surface area contributed by atoms with Crippen molar-refractivity contribution in [1.82, 2.24) is 5.32 Å². The van der Waals surface area contributed by atoms with Gasteiger partial charge in [-0.3, -0.25) is 9.59 Å². The van der Waals surface area contributed by atoms with Gasteiger partial charge in [0.15, 0.2) is 0 Å². The summed E-state index contributed by atoms with van der Waals surface area (Å²) in [6, 6.07) is -0.740. The molecule has 332 valence electrons. The van der Waals surface area contributed by atoms with Crippen molar-refractivity contribution in [2.24, 2.45) is 0 Å². The zero-order chi connectivity index (χ0) is 42.4. The van der Waals surface area contributed by atoms with Crippen molar-refractivity contribution in [3.63, 3.8) is 0 Å². The average molecular weight is 808 g/mol. The van der Waals surface area contributed by atoms with E-state index < -0.39 is 18.2 Å². The minimum absolute atomic E-state index is 0.0437. The summed E-state index contributed by atoms with van der Waals surface area (Å²) in [5.74, 6) is -0.640. The molecular formula is C52H89NO5. The molecule has 1 amide bonds. The topological polar surface area (TPSA) is 95.9 Å². The summed E-state index contributed by atoms with van der Waals surface area (Å²) in [5, 5.41) is 23.6. The van der Waals surface area contributed by atoms with E-state index in [1.54, 1.807) is 0 Å². The van der Waals surface area contributed by atoms with Gasteiger partial charge in [-0.25, -0.2) is 0 Å². The van der Waals surface area contributed by atoms with E-state index in [-0.39, 0.29) is 24.9 Å². The van der Waals surface area contributed by atoms with Gasteiger partial charge in [0.1, 0.15) is 6.10 Å². The molecule has 6 nitrogen and oxygen atoms in total. The normalized spacial score (nSPS) is 14.1. The van der Waals surface area contributed by atoms with Crippen LogP contribution in [0.2, 0.25) is 0 Å². The smallest absolute Gasteiger partial charge is 0.306 e. The molecule has 0 radical (unpaired) electrons. The first-order chi connectivity index (χ1) is 28.5. The number of rotatable bonds is 41. The second kappa shape index (κ2) is 45.1. The van der Waals surface area contributed by atoms with Crippen molar-refractivity contribution >= 4 is 11.9 Å². The van der Waals surface area contributed by atoms with Gasteiger partial charge in [-0.15, -0.1) is 0 Å². The number of esters is 1. The summed E-state index contributed by atoms with van der Waals surface area (Å²) in [4.78, 5) is 26.0. The minimum atomic E-state index is -0.817. The van der Waals surface area contributed by atoms with Crippen LogP contribution in [-0.4, -0.2) is 46.9 Å². The Morgan fingerprint density at radius 2 is 1.02 bits per heavy atom. The molecule has 6 heteroatoms. The van der Waals surface area contributed by atoms with Crippen LogP contribution in [-0.2, 0) is 14.3 Å². The van der Waals surface area contributed by atoms with Crippen molar-refractivity contribution < 1.29 is 24.5 Å². The number of amides is 1. The molecule has 0 aromatic rings. The molecule has 0 fully saturated rings. The summed E-state index contributed by atoms with van der Waals surface area (Å²) in [6.45, 7) is 6.32. The fourth-order valence-electron chi connectivity index (χ4n) is 6.66. The number of carbonyl (C=O) groups is 2. The predicted octanol–water partition coefficient (Wildman–Crippen LogP) is 14.0. The minimum Gasteiger partial charge on any atom is -0.458 e. The Bertz CT molecular complexity index is 1130. The van der Waals surface area contributed by atoms with Gasteiger partial charge >= 0.3 is 5.97 Å². The largest absolute Gasteiger partial charge is 0.458 e. The highest BCUT2D eigenvalue weighted by Gasteiger charge is 2.23. The summed E-state index contributed by atoms with van der Waals surface area (Å²) in [5.41, 5.74) is 0. The molecule has 0 rings (SSSR count). The van der Waals surface area contributed by atoms with E-state index in [4.69, 9.17) is 4.74 Å². The Labute approximate surface area is 357 Å². The summed E-state index contributed by atoms with van der Waals surface area (Å²) < 4.78 is 5.80. The van der Waals surface area contributed by atoms with Crippen molar-refractivity contribution in [1.29, 1.82) is 0 Å². The fraction of sp³-hybridized carbons (Fsp3) is 0.692. The van der Waals surface area contributed by atoms with Gasteiger partial charge in [0.25, 0.3) is 0 Å². The number of aliphatic hydroxyl groups excluding tert-OH is 2. The molecule has 0 aromatic carbocycles. The lowest BCUT2D eigenvalue weighted by Gasteiger charge is -2.23. The zero-order valence-electron chi connectivity index (χ0n) is 37.6. The van der Waals surface area contributed by atoms with Crippen LogP contribution < -0.4 is 5.32 Å². The third kappa shape index (κ3) is 39.8. The second-order valence-corrected chi connectivity index (χ2v) is 15.9. The first-order valence-corrected chi connectivity index (χ1v) is 23.9. The molecule has 0 spiro atoms. The number of ether oxygens (including phenoxy) is 1. The summed E-state index contributed by atoms with van der Waals surface area (Å²) in [6.07, 6.45) is 58.1. The maximum atomic E-state index is 13.1. The molecule has 58 heavy (non-hydrogen) atoms. The van der Waals surface area contributed by atoms with Crippen LogP contribution in [0.3, 0.4) is 0 Å². The standard InChI is InChI=1S/C52H89NO5/c1-4-7-10-13-16-19-22-23-24-25-26-27-28-30-33-36-39-42-45-52(57)58-48(43-40-37-34-31-29-20-17-14-11-8-5-2)46-51(56)53-49(47-54)50(55)44-41-38-35-32-21-18-15-12-9-6-3/h10,13,16,19,22-27,31,34,40,43,48-50,54-55H,4-9,11-12,14-15,17-18,20-21,28-30,32-33,35-39,41-42,44-47H2,1-3H3,(H,53,56)/b13-10+,19-16+,23-22+,25-24+,27-26+,34-31-,43-40+. The van der Waals surface area contributed by atoms with Crippen LogP contribution >= 0.6 is 0 Å². The highest BCUT2D eigenvalue weighted by molar-refractivity contribution is 5.78. The second-order valence-electron chi connectivity index (χ2n) is 15.9. The van der Waals surface area contributed by atoms with Crippen LogP contribution in [0.5, 0.6) is 0 Å². The average Bonchev–Trinajstić information content (AvgIpc) is 3.22. The lowest BCUT2D eigenvalue weighted by atomic mass is 10.0. The SMILES string of the molecule is CCC/C=C/C=C/C=C/C=C/C=C/CCCCCCCC(=O)OC(/C=C/C/C=C\CCCCCCCC)CC(=O)NC(CO)C(O)CCCCCCCCCCCC. The van der Waals surface area contributed by atoms with Gasteiger partial charge in [-0.2, -0.15) is 0 Å². The van der Waals surface area contributed by atoms with Crippen LogP contribution in [0.1, 0.15) is 207 Å². The lowest BCUT2D eigenvalue weighted by molar-refractivity contribution is -0.148. The van der Waals surface area contributed by atoms with E-state index in [2.05, 4.69) is 74.7 Å². The van der Waals surface area contributed by atoms with E-state index in [9.17, 15) is 19.8 Å². The maximum absolute atomic E-state index is 13.1. The number of allylic oxidation sites excluding steroid dienone is 13. The molecule has 0 saturated heterocycles. The van der Waals surface area contributed by atoms with E-state index in [0.29, 0.717) is 19.3 Å². The molecule has 3 unspecified atom stereocenters. The van der Waals surface area contributed by atoms with Crippen LogP contribution in [0.25, 0.3) is 0 Å². The highest BCUT2D eigenvalue weighted by atomic mass is 16.5. The van der Waals surface area contributed by atoms with Crippen molar-refractivity contribution in [3.05, 3.63) is 85.1 Å². The number of carbonyl (C=O) groups excluding carboxylic acids is 2. The molecule has 0 bridgehead atoms. The number of hydrogen-bond acceptors (Lipinski definition) is 5. The molecular weight excluding hydrogens is 719 g/mol. The first kappa shape index (κ1) is 55.0. The van der Waals surface area contributed by atoms with Crippen LogP contribution in [0, 0.1) is 0 Å². The predicted molar refractivity (Wildman–Crippen MR) is 250 cm³/mol. The number of aliphatic hydroxyl groups is 2. The van der Waals surface area contributed by atoms with Crippen molar-refractivity contribution in [2.45, 2.75) is 225 Å². The monoisotopic (exact) mass is 808 g/mol. The Kier molecular flexibility index (Phi) is 42.8. The lowest BCUT2D eigenvalue weighted by Crippen LogP contribution is -2.46. The van der Waals surface area contributed by atoms with Gasteiger partial charge in [0, 0.05) is 6.42 Å². The third-order valence-electron chi connectivity index (χ3n) is 10.3. The molecule has 0 aromatic heterocycles. The van der Waals surface area contributed by atoms with Gasteiger partial charge in [-0.1, -0.05) is 222 Å². The molecule has 3 atom stereocenters. The highest BCUT2D eigenvalue weighted by Crippen LogP contribution is 2.15. The Balaban J connectivity index is 4.71. The molecule has 0 aliphatic carbocycles. The van der Waals surface area contributed by atoms with Crippen LogP contribution in [0.4, 0.5) is 0 Å². The van der Waals surface area contributed by atoms with E-state index >= 15 is 0 Å². The summed E-state index contributed by atoms with van der Waals surface area (Å²) in [7, 11) is 0. The maximum Gasteiger partial charge on any atom is 0.306 e. The number of unbranched alkanes of at least 4 members (excludes halogenated alkanes) is 21. The molecule has 0 saturated carbocycles. The van der Waals surface area contributed by atoms with Crippen molar-refractivity contribution in [3.8, 4) is 0 Å². The Hall–Kier alpha value is -2.96. The first-order valence-electron chi connectivity index (χ1n) is 23.9. The molecule has 3 N–H and O–H groups in total. The Morgan fingerprint density at radius 3 is 1.57 bits per heavy atom. The van der Waals surface area contributed by atoms with E-state index in [1.807, 2.05) is 36.5 Å². The molecule has 0 aliphatic rings. The zero-order valence-corrected chi connectivity index (χ0v) is 37.6. The molecule has 0 heterocycles. The van der Waals surface area contributed by atoms with Gasteiger partial charge in [-0.05, 0) is 57.4 Å². The van der Waals surface area contributed by atoms with E-state index in [0.717, 1.165) is 70.6 Å². The molecule has 0 aliphatic heterocycles. The quantitative estimate of drug-likeness (QED) is 0.0247. The fourth-order valence-corrected chi connectivity index (χ4v) is 6.66. The van der Waals surface area contributed by atoms with Gasteiger partial charge in [0.2, 0.25) is 5.91 Å². The number of nitrogens with one attached hydrogen (secondary N) is 1. The summed E-state index contributed by atoms with van der Waals surface area (Å²) >= 11 is 0. The Morgan fingerprint density at radius 1 is 0.534 bits per heavy atom. The van der Waals surface area contributed by atoms with Crippen molar-refractivity contribution in [2.75, 3.05) is 6.61 Å².